The Bertz CT molecular complexity index is 914. The number of nitrogens with one attached hydrogen (secondary N) is 1. The van der Waals surface area contributed by atoms with Crippen LogP contribution in [0.2, 0.25) is 5.02 Å². The van der Waals surface area contributed by atoms with Crippen molar-refractivity contribution in [2.24, 2.45) is 0 Å². The fourth-order valence-electron chi connectivity index (χ4n) is 3.14. The average Bonchev–Trinajstić information content (AvgIpc) is 3.07. The number of carbonyl (C=O) groups is 2. The number of allylic oxidation sites excluding steroid dienone is 2. The lowest BCUT2D eigenvalue weighted by atomic mass is 10.0. The van der Waals surface area contributed by atoms with Gasteiger partial charge in [-0.3, -0.25) is 9.59 Å². The summed E-state index contributed by atoms with van der Waals surface area (Å²) in [4.78, 5) is 25.4. The second kappa shape index (κ2) is 4.96. The first-order chi connectivity index (χ1) is 11.1. The Balaban J connectivity index is 1.85. The molecular formula is C18H12ClNO3. The second-order valence-electron chi connectivity index (χ2n) is 5.46. The molecule has 0 saturated heterocycles. The van der Waals surface area contributed by atoms with Gasteiger partial charge in [0.05, 0.1) is 24.1 Å². The lowest BCUT2D eigenvalue weighted by Gasteiger charge is -2.03. The lowest BCUT2D eigenvalue weighted by Crippen LogP contribution is -2.10. The molecular weight excluding hydrogens is 314 g/mol. The number of rotatable bonds is 1. The van der Waals surface area contributed by atoms with Gasteiger partial charge in [-0.15, -0.1) is 0 Å². The van der Waals surface area contributed by atoms with Crippen LogP contribution in [0.5, 0.6) is 5.75 Å². The molecule has 0 saturated carbocycles. The van der Waals surface area contributed by atoms with Gasteiger partial charge in [-0.1, -0.05) is 29.8 Å². The van der Waals surface area contributed by atoms with Crippen LogP contribution in [0.1, 0.15) is 26.3 Å². The summed E-state index contributed by atoms with van der Waals surface area (Å²) in [6.07, 6.45) is 0.359. The van der Waals surface area contributed by atoms with Gasteiger partial charge >= 0.3 is 0 Å². The highest BCUT2D eigenvalue weighted by Crippen LogP contribution is 2.40. The minimum Gasteiger partial charge on any atom is -0.496 e. The van der Waals surface area contributed by atoms with Crippen LogP contribution >= 0.6 is 11.6 Å². The van der Waals surface area contributed by atoms with E-state index in [4.69, 9.17) is 16.3 Å². The van der Waals surface area contributed by atoms with E-state index in [0.717, 1.165) is 5.56 Å². The summed E-state index contributed by atoms with van der Waals surface area (Å²) >= 11 is 6.18. The third kappa shape index (κ3) is 1.92. The van der Waals surface area contributed by atoms with Crippen LogP contribution in [-0.2, 0) is 6.42 Å². The Kier molecular flexibility index (Phi) is 3.03. The smallest absolute Gasteiger partial charge is 0.215 e. The second-order valence-corrected chi connectivity index (χ2v) is 5.87. The molecule has 2 aromatic carbocycles. The van der Waals surface area contributed by atoms with E-state index in [0.29, 0.717) is 45.3 Å². The van der Waals surface area contributed by atoms with Crippen molar-refractivity contribution in [1.82, 2.24) is 0 Å². The van der Waals surface area contributed by atoms with E-state index >= 15 is 0 Å². The number of ketones is 2. The minimum absolute atomic E-state index is 0.148. The Labute approximate surface area is 137 Å². The van der Waals surface area contributed by atoms with Gasteiger partial charge in [-0.2, -0.15) is 0 Å². The number of Topliss-reactive ketones (excluding diaryl/α,β-unsaturated/α-hetero) is 2. The normalized spacial score (nSPS) is 18.7. The lowest BCUT2D eigenvalue weighted by molar-refractivity contribution is 0.100. The first kappa shape index (κ1) is 14.0. The van der Waals surface area contributed by atoms with Gasteiger partial charge in [0.25, 0.3) is 0 Å². The van der Waals surface area contributed by atoms with E-state index in [1.54, 1.807) is 36.4 Å². The van der Waals surface area contributed by atoms with Crippen molar-refractivity contribution in [2.75, 3.05) is 12.4 Å². The fraction of sp³-hybridized carbons (Fsp3) is 0.111. The number of halogens is 1. The van der Waals surface area contributed by atoms with Crippen LogP contribution < -0.4 is 10.1 Å². The molecule has 0 aromatic heterocycles. The van der Waals surface area contributed by atoms with Gasteiger partial charge in [-0.05, 0) is 23.8 Å². The molecule has 5 heteroatoms. The van der Waals surface area contributed by atoms with Gasteiger partial charge in [0.1, 0.15) is 5.75 Å². The number of hydrogen-bond acceptors (Lipinski definition) is 4. The molecule has 4 nitrogen and oxygen atoms in total. The number of anilines is 1. The van der Waals surface area contributed by atoms with Crippen LogP contribution in [0.25, 0.3) is 0 Å². The summed E-state index contributed by atoms with van der Waals surface area (Å²) < 4.78 is 5.26. The fourth-order valence-corrected chi connectivity index (χ4v) is 3.38. The quantitative estimate of drug-likeness (QED) is 0.813. The summed E-state index contributed by atoms with van der Waals surface area (Å²) in [5, 5.41) is 3.62. The first-order valence-electron chi connectivity index (χ1n) is 7.15. The maximum atomic E-state index is 12.8. The zero-order chi connectivity index (χ0) is 16.1. The van der Waals surface area contributed by atoms with Crippen molar-refractivity contribution in [3.63, 3.8) is 0 Å². The third-order valence-electron chi connectivity index (χ3n) is 4.25. The summed E-state index contributed by atoms with van der Waals surface area (Å²) in [6.45, 7) is 0. The molecule has 0 radical (unpaired) electrons. The Morgan fingerprint density at radius 1 is 1.09 bits per heavy atom. The van der Waals surface area contributed by atoms with Crippen molar-refractivity contribution in [1.29, 1.82) is 0 Å². The number of ether oxygens (including phenoxy) is 1. The molecule has 4 rings (SSSR count). The summed E-state index contributed by atoms with van der Waals surface area (Å²) in [5.74, 6) is 0.131. The molecule has 1 N–H and O–H groups in total. The molecule has 1 aliphatic heterocycles. The molecule has 0 amide bonds. The molecule has 1 heterocycles. The molecule has 0 spiro atoms. The van der Waals surface area contributed by atoms with Crippen molar-refractivity contribution >= 4 is 28.9 Å². The number of hydrogen-bond donors (Lipinski definition) is 1. The molecule has 0 bridgehead atoms. The monoisotopic (exact) mass is 325 g/mol. The summed E-state index contributed by atoms with van der Waals surface area (Å²) in [5.41, 5.74) is 3.24. The van der Waals surface area contributed by atoms with Crippen molar-refractivity contribution in [3.05, 3.63) is 69.4 Å². The maximum Gasteiger partial charge on any atom is 0.215 e. The number of methoxy groups -OCH3 is 1. The number of fused-ring (bicyclic) bond motifs is 2. The number of benzene rings is 2. The Hall–Kier alpha value is -2.59. The van der Waals surface area contributed by atoms with Gasteiger partial charge in [0.2, 0.25) is 5.78 Å². The van der Waals surface area contributed by atoms with Gasteiger partial charge in [0.15, 0.2) is 5.78 Å². The van der Waals surface area contributed by atoms with E-state index in [2.05, 4.69) is 5.32 Å². The van der Waals surface area contributed by atoms with Gasteiger partial charge < -0.3 is 10.1 Å². The van der Waals surface area contributed by atoms with Crippen LogP contribution in [0.4, 0.5) is 5.69 Å². The van der Waals surface area contributed by atoms with Crippen molar-refractivity contribution < 1.29 is 14.3 Å². The van der Waals surface area contributed by atoms with Crippen molar-refractivity contribution in [2.45, 2.75) is 6.42 Å². The molecule has 0 atom stereocenters. The molecule has 0 unspecified atom stereocenters. The van der Waals surface area contributed by atoms with Crippen LogP contribution in [0.3, 0.4) is 0 Å². The van der Waals surface area contributed by atoms with E-state index < -0.39 is 0 Å². The third-order valence-corrected chi connectivity index (χ3v) is 4.61. The first-order valence-corrected chi connectivity index (χ1v) is 7.53. The highest BCUT2D eigenvalue weighted by molar-refractivity contribution is 6.33. The molecule has 23 heavy (non-hydrogen) atoms. The predicted octanol–water partition coefficient (Wildman–Crippen LogP) is 3.65. The van der Waals surface area contributed by atoms with E-state index in [9.17, 15) is 9.59 Å². The average molecular weight is 326 g/mol. The van der Waals surface area contributed by atoms with E-state index in [1.165, 1.54) is 7.11 Å². The SMILES string of the molecule is COc1cccc2c1C(=O)/C(=C1\Cc3c(Cl)cccc3C1=O)N2. The topological polar surface area (TPSA) is 55.4 Å². The van der Waals surface area contributed by atoms with Crippen molar-refractivity contribution in [3.8, 4) is 5.75 Å². The van der Waals surface area contributed by atoms with Crippen LogP contribution in [0.15, 0.2) is 47.7 Å². The highest BCUT2D eigenvalue weighted by atomic mass is 35.5. The molecule has 2 aliphatic rings. The highest BCUT2D eigenvalue weighted by Gasteiger charge is 2.36. The Morgan fingerprint density at radius 3 is 2.61 bits per heavy atom. The van der Waals surface area contributed by atoms with E-state index in [-0.39, 0.29) is 11.6 Å². The van der Waals surface area contributed by atoms with Gasteiger partial charge in [0, 0.05) is 22.6 Å². The van der Waals surface area contributed by atoms with Crippen LogP contribution in [0, 0.1) is 0 Å². The molecule has 2 aromatic rings. The zero-order valence-electron chi connectivity index (χ0n) is 12.3. The molecule has 0 fully saturated rings. The predicted molar refractivity (Wildman–Crippen MR) is 87.5 cm³/mol. The molecule has 1 aliphatic carbocycles. The van der Waals surface area contributed by atoms with Gasteiger partial charge in [-0.25, -0.2) is 0 Å². The Morgan fingerprint density at radius 2 is 1.87 bits per heavy atom. The maximum absolute atomic E-state index is 12.8. The van der Waals surface area contributed by atoms with E-state index in [1.807, 2.05) is 0 Å². The summed E-state index contributed by atoms with van der Waals surface area (Å²) in [6, 6.07) is 10.6. The number of carbonyl (C=O) groups excluding carboxylic acids is 2. The van der Waals surface area contributed by atoms with Crippen LogP contribution in [-0.4, -0.2) is 18.7 Å². The zero-order valence-corrected chi connectivity index (χ0v) is 13.0. The summed E-state index contributed by atoms with van der Waals surface area (Å²) in [7, 11) is 1.52. The minimum atomic E-state index is -0.218. The molecule has 114 valence electrons. The largest absolute Gasteiger partial charge is 0.496 e. The standard InChI is InChI=1S/C18H12ClNO3/c1-23-14-7-3-6-13-15(14)18(22)16(20-13)11-8-10-9(17(11)21)4-2-5-12(10)19/h2-7,20H,8H2,1H3/b16-11-.